The van der Waals surface area contributed by atoms with E-state index in [1.165, 1.54) is 13.2 Å². The Labute approximate surface area is 81.0 Å². The standard InChI is InChI=1S/C9H8ClNO2/c1-13-9(12)5-3-7-2-4-8(10)11-6-7/h2-6H,1H3/b5-3-. The number of pyridine rings is 1. The van der Waals surface area contributed by atoms with Gasteiger partial charge in [0.2, 0.25) is 0 Å². The Morgan fingerprint density at radius 3 is 2.92 bits per heavy atom. The SMILES string of the molecule is COC(=O)/C=C\c1ccc(Cl)nc1. The van der Waals surface area contributed by atoms with Gasteiger partial charge >= 0.3 is 5.97 Å². The Morgan fingerprint density at radius 1 is 1.62 bits per heavy atom. The quantitative estimate of drug-likeness (QED) is 0.413. The summed E-state index contributed by atoms with van der Waals surface area (Å²) in [6.45, 7) is 0. The van der Waals surface area contributed by atoms with Crippen LogP contribution >= 0.6 is 11.6 Å². The highest BCUT2D eigenvalue weighted by molar-refractivity contribution is 6.29. The summed E-state index contributed by atoms with van der Waals surface area (Å²) in [5, 5.41) is 0.426. The molecule has 0 spiro atoms. The molecule has 0 fully saturated rings. The van der Waals surface area contributed by atoms with Gasteiger partial charge < -0.3 is 4.74 Å². The van der Waals surface area contributed by atoms with Crippen molar-refractivity contribution in [3.05, 3.63) is 35.1 Å². The van der Waals surface area contributed by atoms with Crippen molar-refractivity contribution in [2.45, 2.75) is 0 Å². The van der Waals surface area contributed by atoms with Crippen molar-refractivity contribution < 1.29 is 9.53 Å². The fraction of sp³-hybridized carbons (Fsp3) is 0.111. The number of nitrogens with zero attached hydrogens (tertiary/aromatic N) is 1. The average molecular weight is 198 g/mol. The highest BCUT2D eigenvalue weighted by Gasteiger charge is 1.92. The molecule has 1 rings (SSSR count). The molecule has 0 bridgehead atoms. The van der Waals surface area contributed by atoms with Gasteiger partial charge in [0.15, 0.2) is 0 Å². The Kier molecular flexibility index (Phi) is 3.46. The van der Waals surface area contributed by atoms with E-state index >= 15 is 0 Å². The van der Waals surface area contributed by atoms with E-state index < -0.39 is 5.97 Å². The predicted octanol–water partition coefficient (Wildman–Crippen LogP) is 1.92. The third-order valence-corrected chi connectivity index (χ3v) is 1.59. The normalized spacial score (nSPS) is 10.3. The Hall–Kier alpha value is -1.35. The van der Waals surface area contributed by atoms with E-state index in [2.05, 4.69) is 9.72 Å². The van der Waals surface area contributed by atoms with Gasteiger partial charge in [0.1, 0.15) is 5.15 Å². The van der Waals surface area contributed by atoms with Gasteiger partial charge in [-0.25, -0.2) is 9.78 Å². The predicted molar refractivity (Wildman–Crippen MR) is 50.3 cm³/mol. The summed E-state index contributed by atoms with van der Waals surface area (Å²) in [5.41, 5.74) is 0.801. The maximum absolute atomic E-state index is 10.7. The lowest BCUT2D eigenvalue weighted by Gasteiger charge is -1.92. The highest BCUT2D eigenvalue weighted by atomic mass is 35.5. The molecular formula is C9H8ClNO2. The van der Waals surface area contributed by atoms with Gasteiger partial charge in [-0.15, -0.1) is 0 Å². The van der Waals surface area contributed by atoms with Gasteiger partial charge in [-0.05, 0) is 17.7 Å². The van der Waals surface area contributed by atoms with E-state index in [0.29, 0.717) is 5.15 Å². The fourth-order valence-electron chi connectivity index (χ4n) is 0.718. The molecule has 68 valence electrons. The van der Waals surface area contributed by atoms with Gasteiger partial charge in [0.25, 0.3) is 0 Å². The lowest BCUT2D eigenvalue weighted by Crippen LogP contribution is -1.93. The minimum Gasteiger partial charge on any atom is -0.466 e. The van der Waals surface area contributed by atoms with E-state index in [0.717, 1.165) is 5.56 Å². The maximum Gasteiger partial charge on any atom is 0.330 e. The maximum atomic E-state index is 10.7. The zero-order valence-electron chi connectivity index (χ0n) is 7.03. The van der Waals surface area contributed by atoms with Crippen molar-refractivity contribution in [2.24, 2.45) is 0 Å². The second-order valence-corrected chi connectivity index (χ2v) is 2.66. The van der Waals surface area contributed by atoms with Crippen LogP contribution in [0.3, 0.4) is 0 Å². The smallest absolute Gasteiger partial charge is 0.330 e. The molecule has 4 heteroatoms. The first kappa shape index (κ1) is 9.74. The number of ether oxygens (including phenoxy) is 1. The molecule has 0 saturated heterocycles. The molecule has 1 aromatic heterocycles. The zero-order valence-corrected chi connectivity index (χ0v) is 7.78. The summed E-state index contributed by atoms with van der Waals surface area (Å²) in [5.74, 6) is -0.394. The van der Waals surface area contributed by atoms with Crippen LogP contribution in [0.5, 0.6) is 0 Å². The van der Waals surface area contributed by atoms with Crippen molar-refractivity contribution in [2.75, 3.05) is 7.11 Å². The van der Waals surface area contributed by atoms with Crippen LogP contribution < -0.4 is 0 Å². The van der Waals surface area contributed by atoms with Crippen LogP contribution in [-0.4, -0.2) is 18.1 Å². The molecule has 0 aliphatic heterocycles. The molecule has 0 N–H and O–H groups in total. The second kappa shape index (κ2) is 4.62. The fourth-order valence-corrected chi connectivity index (χ4v) is 0.830. The number of carbonyl (C=O) groups excluding carboxylic acids is 1. The molecule has 0 saturated carbocycles. The monoisotopic (exact) mass is 197 g/mol. The zero-order chi connectivity index (χ0) is 9.68. The van der Waals surface area contributed by atoms with Gasteiger partial charge in [-0.2, -0.15) is 0 Å². The molecule has 0 aliphatic carbocycles. The van der Waals surface area contributed by atoms with Crippen LogP contribution in [0.15, 0.2) is 24.4 Å². The lowest BCUT2D eigenvalue weighted by atomic mass is 10.2. The topological polar surface area (TPSA) is 39.2 Å². The molecule has 1 aromatic rings. The minimum absolute atomic E-state index is 0.394. The first-order chi connectivity index (χ1) is 6.22. The molecule has 13 heavy (non-hydrogen) atoms. The number of rotatable bonds is 2. The number of aromatic nitrogens is 1. The number of methoxy groups -OCH3 is 1. The number of hydrogen-bond donors (Lipinski definition) is 0. The van der Waals surface area contributed by atoms with Crippen LogP contribution in [0.1, 0.15) is 5.56 Å². The Morgan fingerprint density at radius 2 is 2.38 bits per heavy atom. The summed E-state index contributed by atoms with van der Waals surface area (Å²) in [4.78, 5) is 14.5. The van der Waals surface area contributed by atoms with Crippen LogP contribution in [0, 0.1) is 0 Å². The number of esters is 1. The molecule has 0 unspecified atom stereocenters. The van der Waals surface area contributed by atoms with Gasteiger partial charge in [-0.3, -0.25) is 0 Å². The van der Waals surface area contributed by atoms with E-state index in [1.54, 1.807) is 24.4 Å². The minimum atomic E-state index is -0.394. The van der Waals surface area contributed by atoms with Gasteiger partial charge in [0, 0.05) is 12.3 Å². The van der Waals surface area contributed by atoms with Crippen LogP contribution in [0.25, 0.3) is 6.08 Å². The Bertz CT molecular complexity index is 319. The molecular weight excluding hydrogens is 190 g/mol. The average Bonchev–Trinajstić information content (AvgIpc) is 2.16. The third kappa shape index (κ3) is 3.25. The Balaban J connectivity index is 2.69. The second-order valence-electron chi connectivity index (χ2n) is 2.27. The van der Waals surface area contributed by atoms with E-state index in [1.807, 2.05) is 0 Å². The summed E-state index contributed by atoms with van der Waals surface area (Å²) in [6.07, 6.45) is 4.50. The van der Waals surface area contributed by atoms with E-state index in [9.17, 15) is 4.79 Å². The summed E-state index contributed by atoms with van der Waals surface area (Å²) >= 11 is 5.57. The van der Waals surface area contributed by atoms with Crippen LogP contribution in [0.4, 0.5) is 0 Å². The van der Waals surface area contributed by atoms with Crippen molar-refractivity contribution in [3.8, 4) is 0 Å². The molecule has 0 atom stereocenters. The molecule has 0 radical (unpaired) electrons. The summed E-state index contributed by atoms with van der Waals surface area (Å²) in [7, 11) is 1.33. The number of carbonyl (C=O) groups is 1. The van der Waals surface area contributed by atoms with Crippen molar-refractivity contribution in [3.63, 3.8) is 0 Å². The van der Waals surface area contributed by atoms with Crippen molar-refractivity contribution in [1.82, 2.24) is 4.98 Å². The van der Waals surface area contributed by atoms with Gasteiger partial charge in [0.05, 0.1) is 7.11 Å². The third-order valence-electron chi connectivity index (χ3n) is 1.36. The van der Waals surface area contributed by atoms with Crippen LogP contribution in [-0.2, 0) is 9.53 Å². The lowest BCUT2D eigenvalue weighted by molar-refractivity contribution is -0.134. The molecule has 0 aliphatic rings. The van der Waals surface area contributed by atoms with E-state index in [4.69, 9.17) is 11.6 Å². The van der Waals surface area contributed by atoms with Crippen molar-refractivity contribution >= 4 is 23.6 Å². The first-order valence-electron chi connectivity index (χ1n) is 3.60. The van der Waals surface area contributed by atoms with E-state index in [-0.39, 0.29) is 0 Å². The largest absolute Gasteiger partial charge is 0.466 e. The highest BCUT2D eigenvalue weighted by Crippen LogP contribution is 2.06. The van der Waals surface area contributed by atoms with Gasteiger partial charge in [-0.1, -0.05) is 17.7 Å². The number of halogens is 1. The molecule has 0 aromatic carbocycles. The summed E-state index contributed by atoms with van der Waals surface area (Å²) in [6, 6.07) is 3.41. The first-order valence-corrected chi connectivity index (χ1v) is 3.98. The van der Waals surface area contributed by atoms with Crippen LogP contribution in [0.2, 0.25) is 5.15 Å². The summed E-state index contributed by atoms with van der Waals surface area (Å²) < 4.78 is 4.42. The number of hydrogen-bond acceptors (Lipinski definition) is 3. The van der Waals surface area contributed by atoms with Crippen molar-refractivity contribution in [1.29, 1.82) is 0 Å². The molecule has 1 heterocycles. The molecule has 0 amide bonds. The molecule has 3 nitrogen and oxygen atoms in total.